The molecular weight excluding hydrogens is 296 g/mol. The van der Waals surface area contributed by atoms with E-state index in [-0.39, 0.29) is 11.8 Å². The lowest BCUT2D eigenvalue weighted by Gasteiger charge is -2.03. The van der Waals surface area contributed by atoms with Crippen LogP contribution in [0.1, 0.15) is 18.4 Å². The number of rotatable bonds is 3. The van der Waals surface area contributed by atoms with Gasteiger partial charge < -0.3 is 5.32 Å². The molecule has 110 valence electrons. The number of carbonyl (C=O) groups excluding carboxylic acids is 1. The average molecular weight is 310 g/mol. The van der Waals surface area contributed by atoms with Crippen molar-refractivity contribution in [3.63, 3.8) is 0 Å². The van der Waals surface area contributed by atoms with Crippen LogP contribution < -0.4 is 5.32 Å². The summed E-state index contributed by atoms with van der Waals surface area (Å²) in [5, 5.41) is 3.50. The summed E-state index contributed by atoms with van der Waals surface area (Å²) in [5.74, 6) is 0.246. The predicted octanol–water partition coefficient (Wildman–Crippen LogP) is 3.41. The number of pyridine rings is 2. The minimum Gasteiger partial charge on any atom is -0.302 e. The molecule has 3 aromatic rings. The Labute approximate surface area is 131 Å². The SMILES string of the molecule is Cc1ccncc1-c1ccc2sc(NC(=O)C3CC3)nc2n1. The summed E-state index contributed by atoms with van der Waals surface area (Å²) in [6.07, 6.45) is 5.55. The normalized spacial score (nSPS) is 14.2. The van der Waals surface area contributed by atoms with E-state index >= 15 is 0 Å². The number of carbonyl (C=O) groups is 1. The summed E-state index contributed by atoms with van der Waals surface area (Å²) in [6, 6.07) is 5.93. The quantitative estimate of drug-likeness (QED) is 0.805. The predicted molar refractivity (Wildman–Crippen MR) is 86.7 cm³/mol. The highest BCUT2D eigenvalue weighted by atomic mass is 32.1. The number of aromatic nitrogens is 3. The fourth-order valence-electron chi connectivity index (χ4n) is 2.31. The number of nitrogens with one attached hydrogen (secondary N) is 1. The van der Waals surface area contributed by atoms with E-state index in [2.05, 4.69) is 20.3 Å². The van der Waals surface area contributed by atoms with Crippen molar-refractivity contribution in [3.05, 3.63) is 36.2 Å². The van der Waals surface area contributed by atoms with Crippen LogP contribution in [0.25, 0.3) is 21.6 Å². The van der Waals surface area contributed by atoms with Gasteiger partial charge in [-0.05, 0) is 43.5 Å². The van der Waals surface area contributed by atoms with E-state index in [1.807, 2.05) is 31.3 Å². The highest BCUT2D eigenvalue weighted by Crippen LogP contribution is 2.32. The van der Waals surface area contributed by atoms with Crippen molar-refractivity contribution in [1.29, 1.82) is 0 Å². The molecule has 6 heteroatoms. The first-order valence-corrected chi connectivity index (χ1v) is 8.02. The number of nitrogens with zero attached hydrogens (tertiary/aromatic N) is 3. The van der Waals surface area contributed by atoms with Crippen LogP contribution in [0.5, 0.6) is 0 Å². The summed E-state index contributed by atoms with van der Waals surface area (Å²) in [5.41, 5.74) is 3.64. The number of thiazole rings is 1. The third-order valence-electron chi connectivity index (χ3n) is 3.75. The molecule has 3 heterocycles. The molecule has 0 bridgehead atoms. The molecule has 0 spiro atoms. The van der Waals surface area contributed by atoms with Gasteiger partial charge in [0.2, 0.25) is 5.91 Å². The molecule has 4 rings (SSSR count). The number of aryl methyl sites for hydroxylation is 1. The van der Waals surface area contributed by atoms with Gasteiger partial charge >= 0.3 is 0 Å². The van der Waals surface area contributed by atoms with E-state index in [1.165, 1.54) is 11.3 Å². The molecule has 1 fully saturated rings. The number of hydrogen-bond donors (Lipinski definition) is 1. The molecule has 1 amide bonds. The first-order valence-electron chi connectivity index (χ1n) is 7.20. The molecule has 3 aromatic heterocycles. The molecule has 0 atom stereocenters. The van der Waals surface area contributed by atoms with E-state index in [0.29, 0.717) is 10.8 Å². The Morgan fingerprint density at radius 1 is 1.27 bits per heavy atom. The molecule has 1 aliphatic carbocycles. The molecule has 0 radical (unpaired) electrons. The van der Waals surface area contributed by atoms with Crippen LogP contribution >= 0.6 is 11.3 Å². The van der Waals surface area contributed by atoms with Crippen LogP contribution in [0, 0.1) is 12.8 Å². The Bertz CT molecular complexity index is 869. The molecule has 0 unspecified atom stereocenters. The largest absolute Gasteiger partial charge is 0.302 e. The molecule has 0 saturated heterocycles. The number of fused-ring (bicyclic) bond motifs is 1. The lowest BCUT2D eigenvalue weighted by atomic mass is 10.1. The Balaban J connectivity index is 1.68. The van der Waals surface area contributed by atoms with Crippen LogP contribution in [0.2, 0.25) is 0 Å². The molecule has 1 saturated carbocycles. The van der Waals surface area contributed by atoms with Crippen molar-refractivity contribution in [2.24, 2.45) is 5.92 Å². The van der Waals surface area contributed by atoms with Crippen molar-refractivity contribution >= 4 is 32.7 Å². The van der Waals surface area contributed by atoms with Gasteiger partial charge in [0.25, 0.3) is 0 Å². The first-order chi connectivity index (χ1) is 10.7. The van der Waals surface area contributed by atoms with E-state index in [9.17, 15) is 4.79 Å². The van der Waals surface area contributed by atoms with Gasteiger partial charge in [-0.25, -0.2) is 4.98 Å². The smallest absolute Gasteiger partial charge is 0.229 e. The maximum Gasteiger partial charge on any atom is 0.229 e. The van der Waals surface area contributed by atoms with Gasteiger partial charge in [-0.15, -0.1) is 0 Å². The second kappa shape index (κ2) is 5.14. The Kier molecular flexibility index (Phi) is 3.11. The Morgan fingerprint density at radius 3 is 2.91 bits per heavy atom. The number of anilines is 1. The lowest BCUT2D eigenvalue weighted by molar-refractivity contribution is -0.117. The van der Waals surface area contributed by atoms with Gasteiger partial charge in [0.05, 0.1) is 10.4 Å². The molecule has 0 aliphatic heterocycles. The van der Waals surface area contributed by atoms with Crippen LogP contribution in [0.4, 0.5) is 5.13 Å². The zero-order chi connectivity index (χ0) is 15.1. The molecule has 5 nitrogen and oxygen atoms in total. The molecule has 1 N–H and O–H groups in total. The number of amides is 1. The van der Waals surface area contributed by atoms with Gasteiger partial charge in [-0.2, -0.15) is 4.98 Å². The summed E-state index contributed by atoms with van der Waals surface area (Å²) >= 11 is 1.46. The molecular formula is C16H14N4OS. The average Bonchev–Trinajstić information content (AvgIpc) is 3.28. The van der Waals surface area contributed by atoms with Crippen LogP contribution in [0.3, 0.4) is 0 Å². The van der Waals surface area contributed by atoms with Gasteiger partial charge in [-0.1, -0.05) is 11.3 Å². The highest BCUT2D eigenvalue weighted by molar-refractivity contribution is 7.22. The topological polar surface area (TPSA) is 67.8 Å². The van der Waals surface area contributed by atoms with Crippen molar-refractivity contribution in [2.45, 2.75) is 19.8 Å². The summed E-state index contributed by atoms with van der Waals surface area (Å²) < 4.78 is 0.969. The zero-order valence-electron chi connectivity index (χ0n) is 12.0. The van der Waals surface area contributed by atoms with E-state index in [1.54, 1.807) is 6.20 Å². The summed E-state index contributed by atoms with van der Waals surface area (Å²) in [7, 11) is 0. The molecule has 0 aromatic carbocycles. The lowest BCUT2D eigenvalue weighted by Crippen LogP contribution is -2.12. The van der Waals surface area contributed by atoms with Gasteiger partial charge in [0.1, 0.15) is 0 Å². The van der Waals surface area contributed by atoms with Crippen molar-refractivity contribution in [2.75, 3.05) is 5.32 Å². The molecule has 1 aliphatic rings. The molecule has 22 heavy (non-hydrogen) atoms. The fourth-order valence-corrected chi connectivity index (χ4v) is 3.12. The monoisotopic (exact) mass is 310 g/mol. The standard InChI is InChI=1S/C16H14N4OS/c1-9-6-7-17-8-11(9)12-4-5-13-14(18-12)19-16(22-13)20-15(21)10-2-3-10/h4-8,10H,2-3H2,1H3,(H,18,19,20,21). The zero-order valence-corrected chi connectivity index (χ0v) is 12.9. The first kappa shape index (κ1) is 13.3. The summed E-state index contributed by atoms with van der Waals surface area (Å²) in [6.45, 7) is 2.03. The fraction of sp³-hybridized carbons (Fsp3) is 0.250. The van der Waals surface area contributed by atoms with Crippen molar-refractivity contribution < 1.29 is 4.79 Å². The second-order valence-corrected chi connectivity index (χ2v) is 6.52. The van der Waals surface area contributed by atoms with Crippen molar-refractivity contribution in [1.82, 2.24) is 15.0 Å². The maximum atomic E-state index is 11.8. The van der Waals surface area contributed by atoms with Gasteiger partial charge in [0.15, 0.2) is 10.8 Å². The second-order valence-electron chi connectivity index (χ2n) is 5.49. The third-order valence-corrected chi connectivity index (χ3v) is 4.67. The highest BCUT2D eigenvalue weighted by Gasteiger charge is 2.30. The van der Waals surface area contributed by atoms with Gasteiger partial charge in [-0.3, -0.25) is 9.78 Å². The summed E-state index contributed by atoms with van der Waals surface area (Å²) in [4.78, 5) is 25.0. The third kappa shape index (κ3) is 2.46. The number of hydrogen-bond acceptors (Lipinski definition) is 5. The van der Waals surface area contributed by atoms with E-state index < -0.39 is 0 Å². The Hall–Kier alpha value is -2.34. The maximum absolute atomic E-state index is 11.8. The van der Waals surface area contributed by atoms with E-state index in [4.69, 9.17) is 0 Å². The van der Waals surface area contributed by atoms with Crippen molar-refractivity contribution in [3.8, 4) is 11.3 Å². The van der Waals surface area contributed by atoms with Crippen LogP contribution in [0.15, 0.2) is 30.6 Å². The minimum atomic E-state index is 0.0717. The van der Waals surface area contributed by atoms with Crippen LogP contribution in [-0.4, -0.2) is 20.9 Å². The van der Waals surface area contributed by atoms with Crippen LogP contribution in [-0.2, 0) is 4.79 Å². The van der Waals surface area contributed by atoms with Gasteiger partial charge in [0, 0.05) is 23.9 Å². The Morgan fingerprint density at radius 2 is 2.14 bits per heavy atom. The van der Waals surface area contributed by atoms with E-state index in [0.717, 1.165) is 34.4 Å². The minimum absolute atomic E-state index is 0.0717.